The minimum Gasteiger partial charge on any atom is -0.493 e. The standard InChI is InChI=1S/C21H30N2O4/c1-26-18-10-3-14(13-19(18)27-2)11-12-22-20(24)15-4-6-16(7-5-15)21(25)23-17-8-9-17/h3,10,13,15-17H,4-9,11-12H2,1-2H3,(H,22,24)(H,23,25). The molecule has 0 spiro atoms. The maximum atomic E-state index is 12.4. The molecule has 0 aliphatic heterocycles. The summed E-state index contributed by atoms with van der Waals surface area (Å²) in [6, 6.07) is 6.21. The van der Waals surface area contributed by atoms with Gasteiger partial charge in [-0.15, -0.1) is 0 Å². The second kappa shape index (κ2) is 9.11. The number of methoxy groups -OCH3 is 2. The van der Waals surface area contributed by atoms with Crippen LogP contribution in [0.25, 0.3) is 0 Å². The van der Waals surface area contributed by atoms with E-state index in [0.717, 1.165) is 50.5 Å². The first-order chi connectivity index (χ1) is 13.1. The second-order valence-corrected chi connectivity index (χ2v) is 7.56. The van der Waals surface area contributed by atoms with Gasteiger partial charge in [0.1, 0.15) is 0 Å². The Morgan fingerprint density at radius 2 is 1.56 bits per heavy atom. The average molecular weight is 374 g/mol. The van der Waals surface area contributed by atoms with E-state index < -0.39 is 0 Å². The summed E-state index contributed by atoms with van der Waals surface area (Å²) in [5, 5.41) is 6.12. The zero-order valence-corrected chi connectivity index (χ0v) is 16.3. The highest BCUT2D eigenvalue weighted by molar-refractivity contribution is 5.81. The first kappa shape index (κ1) is 19.5. The van der Waals surface area contributed by atoms with Crippen molar-refractivity contribution in [3.8, 4) is 11.5 Å². The topological polar surface area (TPSA) is 76.7 Å². The second-order valence-electron chi connectivity index (χ2n) is 7.56. The maximum absolute atomic E-state index is 12.4. The van der Waals surface area contributed by atoms with Gasteiger partial charge in [0.05, 0.1) is 14.2 Å². The van der Waals surface area contributed by atoms with E-state index in [-0.39, 0.29) is 23.7 Å². The van der Waals surface area contributed by atoms with Gasteiger partial charge < -0.3 is 20.1 Å². The molecule has 148 valence electrons. The molecule has 3 rings (SSSR count). The van der Waals surface area contributed by atoms with Gasteiger partial charge in [-0.2, -0.15) is 0 Å². The molecule has 1 aromatic rings. The van der Waals surface area contributed by atoms with Crippen molar-refractivity contribution in [3.63, 3.8) is 0 Å². The van der Waals surface area contributed by atoms with Crippen LogP contribution in [0.5, 0.6) is 11.5 Å². The van der Waals surface area contributed by atoms with Gasteiger partial charge >= 0.3 is 0 Å². The molecular formula is C21H30N2O4. The van der Waals surface area contributed by atoms with Crippen LogP contribution in [-0.2, 0) is 16.0 Å². The molecule has 2 saturated carbocycles. The van der Waals surface area contributed by atoms with Crippen molar-refractivity contribution in [1.82, 2.24) is 10.6 Å². The fourth-order valence-electron chi connectivity index (χ4n) is 3.68. The van der Waals surface area contributed by atoms with Gasteiger partial charge in [-0.3, -0.25) is 9.59 Å². The zero-order valence-electron chi connectivity index (χ0n) is 16.3. The molecule has 6 heteroatoms. The van der Waals surface area contributed by atoms with Gasteiger partial charge in [-0.1, -0.05) is 6.07 Å². The molecule has 0 atom stereocenters. The molecule has 2 aliphatic rings. The van der Waals surface area contributed by atoms with Crippen molar-refractivity contribution in [1.29, 1.82) is 0 Å². The predicted molar refractivity (Wildman–Crippen MR) is 103 cm³/mol. The average Bonchev–Trinajstić information content (AvgIpc) is 3.51. The zero-order chi connectivity index (χ0) is 19.2. The monoisotopic (exact) mass is 374 g/mol. The van der Waals surface area contributed by atoms with Gasteiger partial charge in [0.25, 0.3) is 0 Å². The van der Waals surface area contributed by atoms with Crippen LogP contribution < -0.4 is 20.1 Å². The van der Waals surface area contributed by atoms with Gasteiger partial charge in [0, 0.05) is 24.4 Å². The number of carbonyl (C=O) groups excluding carboxylic acids is 2. The summed E-state index contributed by atoms with van der Waals surface area (Å²) < 4.78 is 10.6. The fourth-order valence-corrected chi connectivity index (χ4v) is 3.68. The summed E-state index contributed by atoms with van der Waals surface area (Å²) in [6.07, 6.45) is 6.19. The number of rotatable bonds is 8. The lowest BCUT2D eigenvalue weighted by atomic mass is 9.81. The van der Waals surface area contributed by atoms with Gasteiger partial charge in [-0.25, -0.2) is 0 Å². The number of hydrogen-bond donors (Lipinski definition) is 2. The molecule has 1 aromatic carbocycles. The van der Waals surface area contributed by atoms with E-state index in [1.807, 2.05) is 18.2 Å². The summed E-state index contributed by atoms with van der Waals surface area (Å²) in [4.78, 5) is 24.5. The van der Waals surface area contributed by atoms with Gasteiger partial charge in [-0.05, 0) is 62.6 Å². The Labute approximate surface area is 161 Å². The summed E-state index contributed by atoms with van der Waals surface area (Å²) in [5.74, 6) is 1.81. The van der Waals surface area contributed by atoms with E-state index >= 15 is 0 Å². The largest absolute Gasteiger partial charge is 0.493 e. The highest BCUT2D eigenvalue weighted by Crippen LogP contribution is 2.30. The third-order valence-electron chi connectivity index (χ3n) is 5.55. The van der Waals surface area contributed by atoms with Crippen LogP contribution in [0.4, 0.5) is 0 Å². The Morgan fingerprint density at radius 3 is 2.15 bits per heavy atom. The Morgan fingerprint density at radius 1 is 0.926 bits per heavy atom. The molecule has 2 N–H and O–H groups in total. The van der Waals surface area contributed by atoms with Crippen LogP contribution >= 0.6 is 0 Å². The SMILES string of the molecule is COc1ccc(CCNC(=O)C2CCC(C(=O)NC3CC3)CC2)cc1OC. The molecule has 2 fully saturated rings. The Bertz CT molecular complexity index is 664. The number of ether oxygens (including phenoxy) is 2. The van der Waals surface area contributed by atoms with E-state index in [0.29, 0.717) is 24.1 Å². The quantitative estimate of drug-likeness (QED) is 0.733. The van der Waals surface area contributed by atoms with Crippen molar-refractivity contribution in [2.24, 2.45) is 11.8 Å². The predicted octanol–water partition coefficient (Wildman–Crippen LogP) is 2.45. The Hall–Kier alpha value is -2.24. The van der Waals surface area contributed by atoms with E-state index in [9.17, 15) is 9.59 Å². The van der Waals surface area contributed by atoms with Crippen LogP contribution in [-0.4, -0.2) is 38.6 Å². The first-order valence-corrected chi connectivity index (χ1v) is 9.89. The Kier molecular flexibility index (Phi) is 6.58. The van der Waals surface area contributed by atoms with Crippen LogP contribution in [0, 0.1) is 11.8 Å². The third kappa shape index (κ3) is 5.37. The van der Waals surface area contributed by atoms with Crippen LogP contribution in [0.15, 0.2) is 18.2 Å². The molecule has 2 aliphatic carbocycles. The molecule has 0 bridgehead atoms. The first-order valence-electron chi connectivity index (χ1n) is 9.89. The molecule has 0 heterocycles. The van der Waals surface area contributed by atoms with E-state index in [4.69, 9.17) is 9.47 Å². The minimum absolute atomic E-state index is 0.0281. The third-order valence-corrected chi connectivity index (χ3v) is 5.55. The van der Waals surface area contributed by atoms with Crippen molar-refractivity contribution in [2.75, 3.05) is 20.8 Å². The van der Waals surface area contributed by atoms with Crippen molar-refractivity contribution >= 4 is 11.8 Å². The molecule has 0 radical (unpaired) electrons. The highest BCUT2D eigenvalue weighted by atomic mass is 16.5. The number of nitrogens with one attached hydrogen (secondary N) is 2. The van der Waals surface area contributed by atoms with E-state index in [1.165, 1.54) is 0 Å². The number of amides is 2. The van der Waals surface area contributed by atoms with E-state index in [2.05, 4.69) is 10.6 Å². The smallest absolute Gasteiger partial charge is 0.223 e. The molecule has 27 heavy (non-hydrogen) atoms. The number of carbonyl (C=O) groups is 2. The lowest BCUT2D eigenvalue weighted by molar-refractivity contribution is -0.130. The fraction of sp³-hybridized carbons (Fsp3) is 0.619. The molecule has 2 amide bonds. The molecular weight excluding hydrogens is 344 g/mol. The number of benzene rings is 1. The Balaban J connectivity index is 1.39. The maximum Gasteiger partial charge on any atom is 0.223 e. The molecule has 0 unspecified atom stereocenters. The summed E-state index contributed by atoms with van der Waals surface area (Å²) in [6.45, 7) is 0.594. The lowest BCUT2D eigenvalue weighted by Crippen LogP contribution is -2.38. The summed E-state index contributed by atoms with van der Waals surface area (Å²) in [7, 11) is 3.23. The van der Waals surface area contributed by atoms with Crippen LogP contribution in [0.1, 0.15) is 44.1 Å². The van der Waals surface area contributed by atoms with Crippen molar-refractivity contribution in [3.05, 3.63) is 23.8 Å². The van der Waals surface area contributed by atoms with Gasteiger partial charge in [0.2, 0.25) is 11.8 Å². The van der Waals surface area contributed by atoms with Gasteiger partial charge in [0.15, 0.2) is 11.5 Å². The minimum atomic E-state index is 0.0281. The normalized spacial score (nSPS) is 22.0. The lowest BCUT2D eigenvalue weighted by Gasteiger charge is -2.27. The molecule has 0 saturated heterocycles. The van der Waals surface area contributed by atoms with Crippen LogP contribution in [0.2, 0.25) is 0 Å². The molecule has 6 nitrogen and oxygen atoms in total. The van der Waals surface area contributed by atoms with Crippen molar-refractivity contribution in [2.45, 2.75) is 51.0 Å². The highest BCUT2D eigenvalue weighted by Gasteiger charge is 2.32. The van der Waals surface area contributed by atoms with Crippen LogP contribution in [0.3, 0.4) is 0 Å². The summed E-state index contributed by atoms with van der Waals surface area (Å²) in [5.41, 5.74) is 1.09. The summed E-state index contributed by atoms with van der Waals surface area (Å²) >= 11 is 0. The van der Waals surface area contributed by atoms with E-state index in [1.54, 1.807) is 14.2 Å². The van der Waals surface area contributed by atoms with Crippen molar-refractivity contribution < 1.29 is 19.1 Å². The number of hydrogen-bond acceptors (Lipinski definition) is 4. The molecule has 0 aromatic heterocycles.